The van der Waals surface area contributed by atoms with Gasteiger partial charge in [0, 0.05) is 37.7 Å². The van der Waals surface area contributed by atoms with Gasteiger partial charge in [0.15, 0.2) is 5.96 Å². The lowest BCUT2D eigenvalue weighted by atomic mass is 9.85. The van der Waals surface area contributed by atoms with Gasteiger partial charge in [0.25, 0.3) is 0 Å². The van der Waals surface area contributed by atoms with E-state index in [1.54, 1.807) is 14.0 Å². The number of benzene rings is 1. The van der Waals surface area contributed by atoms with Crippen LogP contribution in [0.15, 0.2) is 29.3 Å². The van der Waals surface area contributed by atoms with Crippen molar-refractivity contribution in [3.63, 3.8) is 0 Å². The molecule has 1 fully saturated rings. The van der Waals surface area contributed by atoms with Crippen LogP contribution in [0, 0.1) is 5.92 Å². The zero-order chi connectivity index (χ0) is 20.6. The number of halogens is 2. The Kier molecular flexibility index (Phi) is 11.8. The molecule has 0 radical (unpaired) electrons. The largest absolute Gasteiger partial charge is 0.356 e. The van der Waals surface area contributed by atoms with Crippen LogP contribution in [-0.4, -0.2) is 65.3 Å². The summed E-state index contributed by atoms with van der Waals surface area (Å²) in [6.07, 6.45) is 2.28. The Morgan fingerprint density at radius 1 is 1.31 bits per heavy atom. The van der Waals surface area contributed by atoms with Gasteiger partial charge < -0.3 is 10.6 Å². The van der Waals surface area contributed by atoms with E-state index in [-0.39, 0.29) is 29.7 Å². The fourth-order valence-electron chi connectivity index (χ4n) is 3.63. The number of rotatable bonds is 8. The number of nitrogens with one attached hydrogen (secondary N) is 3. The molecule has 1 aromatic carbocycles. The average Bonchev–Trinajstić information content (AvgIpc) is 2.67. The van der Waals surface area contributed by atoms with Gasteiger partial charge in [-0.1, -0.05) is 23.7 Å². The van der Waals surface area contributed by atoms with Crippen LogP contribution in [0.3, 0.4) is 0 Å². The Hall–Kier alpha value is -0.620. The van der Waals surface area contributed by atoms with Crippen molar-refractivity contribution in [1.29, 1.82) is 0 Å². The summed E-state index contributed by atoms with van der Waals surface area (Å²) in [5, 5.41) is 7.30. The van der Waals surface area contributed by atoms with Crippen LogP contribution in [0.25, 0.3) is 0 Å². The Morgan fingerprint density at radius 3 is 2.72 bits per heavy atom. The van der Waals surface area contributed by atoms with Crippen LogP contribution in [0.1, 0.15) is 31.4 Å². The third-order valence-corrected chi connectivity index (χ3v) is 6.71. The number of hydrogen-bond donors (Lipinski definition) is 3. The molecule has 7 nitrogen and oxygen atoms in total. The van der Waals surface area contributed by atoms with Crippen molar-refractivity contribution in [2.24, 2.45) is 10.9 Å². The monoisotopic (exact) mass is 557 g/mol. The predicted molar refractivity (Wildman–Crippen MR) is 132 cm³/mol. The van der Waals surface area contributed by atoms with Crippen molar-refractivity contribution >= 4 is 51.6 Å². The van der Waals surface area contributed by atoms with Crippen molar-refractivity contribution in [1.82, 2.24) is 20.3 Å². The van der Waals surface area contributed by atoms with Crippen LogP contribution in [0.5, 0.6) is 0 Å². The van der Waals surface area contributed by atoms with E-state index < -0.39 is 10.0 Å². The zero-order valence-electron chi connectivity index (χ0n) is 17.3. The molecule has 2 unspecified atom stereocenters. The summed E-state index contributed by atoms with van der Waals surface area (Å²) < 4.78 is 25.5. The Morgan fingerprint density at radius 2 is 2.07 bits per heavy atom. The number of nitrogens with zero attached hydrogens (tertiary/aromatic N) is 2. The normalized spacial score (nSPS) is 20.8. The molecule has 3 N–H and O–H groups in total. The second-order valence-electron chi connectivity index (χ2n) is 7.06. The number of likely N-dealkylation sites (tertiary alicyclic amines) is 1. The summed E-state index contributed by atoms with van der Waals surface area (Å²) in [7, 11) is 0.705. The van der Waals surface area contributed by atoms with Crippen molar-refractivity contribution in [3.05, 3.63) is 34.9 Å². The molecule has 1 aliphatic rings. The molecule has 0 aromatic heterocycles. The van der Waals surface area contributed by atoms with E-state index in [4.69, 9.17) is 11.6 Å². The maximum Gasteiger partial charge on any atom is 0.211 e. The third kappa shape index (κ3) is 8.56. The molecular weight excluding hydrogens is 525 g/mol. The summed E-state index contributed by atoms with van der Waals surface area (Å²) in [4.78, 5) is 6.63. The maximum absolute atomic E-state index is 11.5. The van der Waals surface area contributed by atoms with Gasteiger partial charge in [0.1, 0.15) is 0 Å². The first-order chi connectivity index (χ1) is 13.4. The molecule has 1 aromatic rings. The van der Waals surface area contributed by atoms with Gasteiger partial charge >= 0.3 is 0 Å². The molecule has 0 bridgehead atoms. The first-order valence-corrected chi connectivity index (χ1v) is 11.8. The standard InChI is InChI=1S/C19H32ClN5O2S.HI/c1-4-28(26,27)24-11-10-22-19(21-2)23-14-16-8-6-12-25(3)18(16)15-7-5-9-17(20)13-15;/h5,7,9,13,16,18,24H,4,6,8,10-12,14H2,1-3H3,(H2,21,22,23);1H. The molecule has 1 heterocycles. The molecule has 166 valence electrons. The lowest BCUT2D eigenvalue weighted by Gasteiger charge is -2.40. The lowest BCUT2D eigenvalue weighted by molar-refractivity contribution is 0.122. The molecule has 10 heteroatoms. The predicted octanol–water partition coefficient (Wildman–Crippen LogP) is 2.45. The summed E-state index contributed by atoms with van der Waals surface area (Å²) >= 11 is 6.21. The smallest absolute Gasteiger partial charge is 0.211 e. The van der Waals surface area contributed by atoms with Gasteiger partial charge in [0.2, 0.25) is 10.0 Å². The minimum atomic E-state index is -3.17. The van der Waals surface area contributed by atoms with Crippen LogP contribution in [0.4, 0.5) is 0 Å². The Labute approximate surface area is 197 Å². The minimum absolute atomic E-state index is 0. The number of hydrogen-bond acceptors (Lipinski definition) is 4. The zero-order valence-corrected chi connectivity index (χ0v) is 21.2. The van der Waals surface area contributed by atoms with E-state index in [9.17, 15) is 8.42 Å². The van der Waals surface area contributed by atoms with E-state index in [0.717, 1.165) is 31.0 Å². The van der Waals surface area contributed by atoms with Gasteiger partial charge in [-0.15, -0.1) is 24.0 Å². The Balaban J connectivity index is 0.00000420. The van der Waals surface area contributed by atoms with E-state index in [2.05, 4.69) is 38.4 Å². The topological polar surface area (TPSA) is 85.8 Å². The van der Waals surface area contributed by atoms with Gasteiger partial charge in [-0.25, -0.2) is 13.1 Å². The molecular formula is C19H33ClIN5O2S. The van der Waals surface area contributed by atoms with Crippen LogP contribution < -0.4 is 15.4 Å². The first kappa shape index (κ1) is 26.4. The van der Waals surface area contributed by atoms with Crippen molar-refractivity contribution < 1.29 is 8.42 Å². The van der Waals surface area contributed by atoms with E-state index in [1.165, 1.54) is 5.56 Å². The number of sulfonamides is 1. The molecule has 0 spiro atoms. The Bertz CT molecular complexity index is 763. The van der Waals surface area contributed by atoms with Gasteiger partial charge in [-0.3, -0.25) is 9.89 Å². The average molecular weight is 558 g/mol. The summed E-state index contributed by atoms with van der Waals surface area (Å²) in [5.74, 6) is 1.18. The maximum atomic E-state index is 11.5. The van der Waals surface area contributed by atoms with Crippen molar-refractivity contribution in [2.75, 3.05) is 46.0 Å². The van der Waals surface area contributed by atoms with Crippen LogP contribution >= 0.6 is 35.6 Å². The minimum Gasteiger partial charge on any atom is -0.356 e. The molecule has 29 heavy (non-hydrogen) atoms. The lowest BCUT2D eigenvalue weighted by Crippen LogP contribution is -2.46. The second-order valence-corrected chi connectivity index (χ2v) is 9.59. The van der Waals surface area contributed by atoms with E-state index in [0.29, 0.717) is 31.0 Å². The molecule has 0 amide bonds. The summed E-state index contributed by atoms with van der Waals surface area (Å²) in [6.45, 7) is 4.27. The van der Waals surface area contributed by atoms with Crippen molar-refractivity contribution in [2.45, 2.75) is 25.8 Å². The van der Waals surface area contributed by atoms with Crippen LogP contribution in [0.2, 0.25) is 5.02 Å². The highest BCUT2D eigenvalue weighted by molar-refractivity contribution is 14.0. The molecule has 0 saturated carbocycles. The first-order valence-electron chi connectivity index (χ1n) is 9.74. The number of aliphatic imine (C=N–C) groups is 1. The number of piperidine rings is 1. The van der Waals surface area contributed by atoms with E-state index in [1.807, 2.05) is 18.2 Å². The third-order valence-electron chi connectivity index (χ3n) is 5.07. The fourth-order valence-corrected chi connectivity index (χ4v) is 4.44. The second kappa shape index (κ2) is 12.9. The molecule has 2 rings (SSSR count). The highest BCUT2D eigenvalue weighted by atomic mass is 127. The number of guanidine groups is 1. The SMILES string of the molecule is CCS(=O)(=O)NCCNC(=NC)NCC1CCCN(C)C1c1cccc(Cl)c1.I. The highest BCUT2D eigenvalue weighted by Crippen LogP contribution is 2.35. The van der Waals surface area contributed by atoms with Crippen LogP contribution in [-0.2, 0) is 10.0 Å². The molecule has 2 atom stereocenters. The fraction of sp³-hybridized carbons (Fsp3) is 0.632. The highest BCUT2D eigenvalue weighted by Gasteiger charge is 2.30. The molecule has 1 aliphatic heterocycles. The van der Waals surface area contributed by atoms with E-state index >= 15 is 0 Å². The summed E-state index contributed by atoms with van der Waals surface area (Å²) in [5.41, 5.74) is 1.23. The van der Waals surface area contributed by atoms with Crippen molar-refractivity contribution in [3.8, 4) is 0 Å². The van der Waals surface area contributed by atoms with Gasteiger partial charge in [-0.05, 0) is 57.0 Å². The van der Waals surface area contributed by atoms with Gasteiger partial charge in [-0.2, -0.15) is 0 Å². The molecule has 0 aliphatic carbocycles. The quantitative estimate of drug-likeness (QED) is 0.198. The van der Waals surface area contributed by atoms with Gasteiger partial charge in [0.05, 0.1) is 5.75 Å². The molecule has 1 saturated heterocycles. The summed E-state index contributed by atoms with van der Waals surface area (Å²) in [6, 6.07) is 8.39.